The molecule has 0 saturated heterocycles. The fourth-order valence-corrected chi connectivity index (χ4v) is 13.1. The highest BCUT2D eigenvalue weighted by molar-refractivity contribution is 7.26. The second-order valence-electron chi connectivity index (χ2n) is 17.5. The van der Waals surface area contributed by atoms with Crippen molar-refractivity contribution in [3.05, 3.63) is 235 Å². The van der Waals surface area contributed by atoms with Crippen molar-refractivity contribution in [2.75, 3.05) is 4.90 Å². The fourth-order valence-electron chi connectivity index (χ4n) is 11.9. The van der Waals surface area contributed by atoms with Gasteiger partial charge in [-0.3, -0.25) is 0 Å². The summed E-state index contributed by atoms with van der Waals surface area (Å²) in [7, 11) is 0. The van der Waals surface area contributed by atoms with Crippen LogP contribution in [0.25, 0.3) is 96.7 Å². The van der Waals surface area contributed by atoms with E-state index in [0.717, 1.165) is 39.0 Å². The Morgan fingerprint density at radius 3 is 1.50 bits per heavy atom. The number of rotatable bonds is 3. The van der Waals surface area contributed by atoms with Crippen LogP contribution >= 0.6 is 11.3 Å². The van der Waals surface area contributed by atoms with Crippen molar-refractivity contribution in [3.63, 3.8) is 0 Å². The summed E-state index contributed by atoms with van der Waals surface area (Å²) in [6.45, 7) is 0. The highest BCUT2D eigenvalue weighted by Crippen LogP contribution is 2.63. The molecule has 0 bridgehead atoms. The van der Waals surface area contributed by atoms with Gasteiger partial charge in [0.05, 0.1) is 15.8 Å². The lowest BCUT2D eigenvalue weighted by molar-refractivity contribution is 0.669. The van der Waals surface area contributed by atoms with Crippen LogP contribution in [-0.2, 0) is 5.41 Å². The van der Waals surface area contributed by atoms with Gasteiger partial charge in [-0.05, 0) is 131 Å². The highest BCUT2D eigenvalue weighted by Gasteiger charge is 2.51. The molecule has 64 heavy (non-hydrogen) atoms. The van der Waals surface area contributed by atoms with Crippen molar-refractivity contribution in [1.29, 1.82) is 0 Å². The molecule has 13 aromatic rings. The number of benzene rings is 11. The van der Waals surface area contributed by atoms with Crippen LogP contribution in [0, 0.1) is 0 Å². The normalized spacial score (nSPS) is 13.4. The molecule has 2 aromatic heterocycles. The second-order valence-corrected chi connectivity index (χ2v) is 18.5. The molecule has 0 fully saturated rings. The van der Waals surface area contributed by atoms with Gasteiger partial charge in [0.1, 0.15) is 11.2 Å². The van der Waals surface area contributed by atoms with E-state index in [1.807, 2.05) is 17.4 Å². The maximum absolute atomic E-state index is 6.42. The van der Waals surface area contributed by atoms with E-state index in [-0.39, 0.29) is 0 Å². The zero-order valence-electron chi connectivity index (χ0n) is 34.5. The summed E-state index contributed by atoms with van der Waals surface area (Å²) >= 11 is 1.90. The van der Waals surface area contributed by atoms with E-state index < -0.39 is 5.41 Å². The van der Waals surface area contributed by atoms with Crippen LogP contribution < -0.4 is 4.90 Å². The van der Waals surface area contributed by atoms with Crippen LogP contribution in [-0.4, -0.2) is 0 Å². The molecule has 0 aliphatic heterocycles. The first-order valence-corrected chi connectivity index (χ1v) is 22.9. The van der Waals surface area contributed by atoms with Crippen LogP contribution in [0.2, 0.25) is 0 Å². The minimum Gasteiger partial charge on any atom is -0.456 e. The molecule has 0 radical (unpaired) electrons. The molecule has 2 aliphatic rings. The van der Waals surface area contributed by atoms with Gasteiger partial charge in [0, 0.05) is 37.6 Å². The predicted octanol–water partition coefficient (Wildman–Crippen LogP) is 17.2. The minimum atomic E-state index is -0.458. The number of nitrogens with zero attached hydrogens (tertiary/aromatic N) is 1. The van der Waals surface area contributed by atoms with Gasteiger partial charge in [0.15, 0.2) is 0 Å². The average molecular weight is 830 g/mol. The Kier molecular flexibility index (Phi) is 6.79. The Bertz CT molecular complexity index is 4110. The first-order valence-electron chi connectivity index (χ1n) is 22.1. The van der Waals surface area contributed by atoms with Crippen molar-refractivity contribution in [1.82, 2.24) is 0 Å². The zero-order chi connectivity index (χ0) is 41.7. The molecule has 11 aromatic carbocycles. The highest BCUT2D eigenvalue weighted by atomic mass is 32.1. The van der Waals surface area contributed by atoms with Gasteiger partial charge in [-0.1, -0.05) is 158 Å². The van der Waals surface area contributed by atoms with E-state index in [4.69, 9.17) is 4.42 Å². The average Bonchev–Trinajstić information content (AvgIpc) is 4.09. The summed E-state index contributed by atoms with van der Waals surface area (Å²) in [6, 6.07) is 79.1. The lowest BCUT2D eigenvalue weighted by Crippen LogP contribution is -2.26. The lowest BCUT2D eigenvalue weighted by atomic mass is 9.70. The Morgan fingerprint density at radius 2 is 0.828 bits per heavy atom. The SMILES string of the molecule is c1ccc2c(c1)-c1ccccc1C21c2ccccc2-c2ccc(N(c3ccc4oc5ccccc5c4c3)c3cccc4c3sc3cc5c6ccccc6c6ccccc6c5cc34)cc21. The Labute approximate surface area is 372 Å². The van der Waals surface area contributed by atoms with E-state index in [0.29, 0.717) is 0 Å². The number of anilines is 3. The Morgan fingerprint density at radius 1 is 0.328 bits per heavy atom. The minimum absolute atomic E-state index is 0.458. The van der Waals surface area contributed by atoms with Crippen LogP contribution in [0.5, 0.6) is 0 Å². The molecule has 2 heterocycles. The number of hydrogen-bond donors (Lipinski definition) is 0. The van der Waals surface area contributed by atoms with Gasteiger partial charge in [-0.25, -0.2) is 0 Å². The quantitative estimate of drug-likeness (QED) is 0.165. The summed E-state index contributed by atoms with van der Waals surface area (Å²) in [5.74, 6) is 0. The van der Waals surface area contributed by atoms with Gasteiger partial charge >= 0.3 is 0 Å². The van der Waals surface area contributed by atoms with E-state index in [1.54, 1.807) is 0 Å². The van der Waals surface area contributed by atoms with Crippen molar-refractivity contribution >= 4 is 103 Å². The number of thiophene rings is 1. The van der Waals surface area contributed by atoms with Gasteiger partial charge in [-0.2, -0.15) is 0 Å². The van der Waals surface area contributed by atoms with E-state index in [1.165, 1.54) is 97.0 Å². The summed E-state index contributed by atoms with van der Waals surface area (Å²) in [5.41, 5.74) is 15.2. The van der Waals surface area contributed by atoms with Gasteiger partial charge < -0.3 is 9.32 Å². The molecule has 0 unspecified atom stereocenters. The van der Waals surface area contributed by atoms with Crippen molar-refractivity contribution in [3.8, 4) is 22.3 Å². The molecule has 3 heteroatoms. The molecule has 1 spiro atoms. The van der Waals surface area contributed by atoms with Crippen LogP contribution in [0.3, 0.4) is 0 Å². The first-order chi connectivity index (χ1) is 31.7. The first kappa shape index (κ1) is 34.6. The third-order valence-corrected chi connectivity index (χ3v) is 15.6. The molecule has 15 rings (SSSR count). The maximum atomic E-state index is 6.42. The monoisotopic (exact) mass is 829 g/mol. The second kappa shape index (κ2) is 12.6. The zero-order valence-corrected chi connectivity index (χ0v) is 35.3. The molecule has 0 saturated carbocycles. The number of furan rings is 1. The Hall–Kier alpha value is -7.98. The van der Waals surface area contributed by atoms with Gasteiger partial charge in [-0.15, -0.1) is 11.3 Å². The topological polar surface area (TPSA) is 16.4 Å². The van der Waals surface area contributed by atoms with Crippen LogP contribution in [0.15, 0.2) is 217 Å². The Balaban J connectivity index is 1.03. The molecule has 2 nitrogen and oxygen atoms in total. The van der Waals surface area contributed by atoms with Gasteiger partial charge in [0.25, 0.3) is 0 Å². The summed E-state index contributed by atoms with van der Waals surface area (Å²) in [4.78, 5) is 2.51. The van der Waals surface area contributed by atoms with Crippen LogP contribution in [0.4, 0.5) is 17.1 Å². The summed E-state index contributed by atoms with van der Waals surface area (Å²) in [6.07, 6.45) is 0. The van der Waals surface area contributed by atoms with Crippen molar-refractivity contribution < 1.29 is 4.42 Å². The molecule has 0 amide bonds. The number of hydrogen-bond acceptors (Lipinski definition) is 3. The smallest absolute Gasteiger partial charge is 0.135 e. The molecule has 0 atom stereocenters. The number of fused-ring (bicyclic) bond motifs is 22. The fraction of sp³-hybridized carbons (Fsp3) is 0.0164. The number of para-hydroxylation sites is 1. The van der Waals surface area contributed by atoms with E-state index >= 15 is 0 Å². The standard InChI is InChI=1S/C61H35NOS/c1-3-16-40-38(14-1)39-15-2-4-17-41(39)49-35-59-51(34-48(40)49)47-22-13-26-56(60(47)64-59)62(36-29-31-58-50(32-36)46-21-8-12-27-57(46)63-58)37-28-30-45-44-20-7-11-25-54(44)61(55(45)33-37)52-23-9-5-18-42(52)43-19-6-10-24-53(43)61/h1-35H. The van der Waals surface area contributed by atoms with Gasteiger partial charge in [0.2, 0.25) is 0 Å². The maximum Gasteiger partial charge on any atom is 0.135 e. The van der Waals surface area contributed by atoms with E-state index in [9.17, 15) is 0 Å². The van der Waals surface area contributed by atoms with Crippen molar-refractivity contribution in [2.45, 2.75) is 5.41 Å². The lowest BCUT2D eigenvalue weighted by Gasteiger charge is -2.32. The van der Waals surface area contributed by atoms with Crippen molar-refractivity contribution in [2.24, 2.45) is 0 Å². The van der Waals surface area contributed by atoms with Crippen LogP contribution in [0.1, 0.15) is 22.3 Å². The molecule has 2 aliphatic carbocycles. The molecular formula is C61H35NOS. The predicted molar refractivity (Wildman–Crippen MR) is 270 cm³/mol. The molecule has 296 valence electrons. The third kappa shape index (κ3) is 4.39. The molecule has 0 N–H and O–H groups in total. The largest absolute Gasteiger partial charge is 0.456 e. The summed E-state index contributed by atoms with van der Waals surface area (Å²) < 4.78 is 8.96. The molecular weight excluding hydrogens is 795 g/mol. The third-order valence-electron chi connectivity index (χ3n) is 14.4. The van der Waals surface area contributed by atoms with E-state index in [2.05, 4.69) is 211 Å². The summed E-state index contributed by atoms with van der Waals surface area (Å²) in [5, 5.41) is 12.5.